The molecule has 0 aliphatic heterocycles. The lowest BCUT2D eigenvalue weighted by atomic mass is 10.5. The summed E-state index contributed by atoms with van der Waals surface area (Å²) in [5, 5.41) is 6.17. The molecule has 0 fully saturated rings. The predicted octanol–water partition coefficient (Wildman–Crippen LogP) is 1.04. The van der Waals surface area contributed by atoms with E-state index in [2.05, 4.69) is 14.7 Å². The number of nitrogens with zero attached hydrogens (tertiary/aromatic N) is 3. The number of aromatic nitrogens is 2. The minimum atomic E-state index is -3.61. The quantitative estimate of drug-likeness (QED) is 0.854. The van der Waals surface area contributed by atoms with Gasteiger partial charge in [-0.05, 0) is 11.5 Å². The zero-order valence-corrected chi connectivity index (χ0v) is 12.8. The normalized spacial score (nSPS) is 11.9. The van der Waals surface area contributed by atoms with Crippen molar-refractivity contribution in [3.05, 3.63) is 16.6 Å². The van der Waals surface area contributed by atoms with Crippen LogP contribution in [0.15, 0.2) is 16.5 Å². The number of anilines is 2. The van der Waals surface area contributed by atoms with Gasteiger partial charge in [-0.15, -0.1) is 11.3 Å². The molecule has 0 atom stereocenters. The number of hydrogen-bond acceptors (Lipinski definition) is 8. The minimum absolute atomic E-state index is 0.0142. The van der Waals surface area contributed by atoms with Crippen LogP contribution in [0.1, 0.15) is 5.01 Å². The second-order valence-corrected chi connectivity index (χ2v) is 7.63. The third kappa shape index (κ3) is 2.86. The van der Waals surface area contributed by atoms with E-state index in [0.717, 1.165) is 20.8 Å². The van der Waals surface area contributed by atoms with Crippen molar-refractivity contribution in [3.8, 4) is 0 Å². The summed E-state index contributed by atoms with van der Waals surface area (Å²) in [4.78, 5) is 4.14. The van der Waals surface area contributed by atoms with E-state index in [1.807, 2.05) is 5.38 Å². The first-order valence-corrected chi connectivity index (χ1v) is 8.32. The third-order valence-corrected chi connectivity index (χ3v) is 5.91. The molecule has 2 aromatic rings. The molecular formula is C9H13N5O2S3. The predicted molar refractivity (Wildman–Crippen MR) is 76.8 cm³/mol. The maximum Gasteiger partial charge on any atom is 0.249 e. The smallest absolute Gasteiger partial charge is 0.249 e. The topological polar surface area (TPSA) is 101 Å². The molecule has 2 rings (SSSR count). The Hall–Kier alpha value is -1.23. The number of rotatable bonds is 5. The largest absolute Gasteiger partial charge is 0.382 e. The van der Waals surface area contributed by atoms with Crippen molar-refractivity contribution in [2.24, 2.45) is 0 Å². The van der Waals surface area contributed by atoms with Gasteiger partial charge in [0.2, 0.25) is 10.0 Å². The van der Waals surface area contributed by atoms with Crippen molar-refractivity contribution in [3.63, 3.8) is 0 Å². The summed E-state index contributed by atoms with van der Waals surface area (Å²) in [5.74, 6) is 0.0142. The first kappa shape index (κ1) is 14.2. The molecule has 3 N–H and O–H groups in total. The zero-order chi connectivity index (χ0) is 14.0. The van der Waals surface area contributed by atoms with Crippen LogP contribution in [-0.4, -0.2) is 36.2 Å². The number of hydrogen-bond donors (Lipinski definition) is 2. The average molecular weight is 319 g/mol. The molecule has 104 valence electrons. The van der Waals surface area contributed by atoms with Gasteiger partial charge in [-0.2, -0.15) is 4.37 Å². The molecule has 0 aliphatic rings. The Balaban J connectivity index is 2.28. The molecule has 0 aliphatic carbocycles. The van der Waals surface area contributed by atoms with Gasteiger partial charge in [0.25, 0.3) is 0 Å². The third-order valence-electron chi connectivity index (χ3n) is 2.30. The summed E-state index contributed by atoms with van der Waals surface area (Å²) in [6.07, 6.45) is 1.69. The van der Waals surface area contributed by atoms with Gasteiger partial charge in [-0.1, -0.05) is 0 Å². The number of sulfonamides is 1. The Bertz CT molecular complexity index is 647. The van der Waals surface area contributed by atoms with E-state index in [9.17, 15) is 8.42 Å². The monoisotopic (exact) mass is 319 g/mol. The van der Waals surface area contributed by atoms with Crippen molar-refractivity contribution in [1.82, 2.24) is 13.7 Å². The van der Waals surface area contributed by atoms with Crippen molar-refractivity contribution >= 4 is 43.7 Å². The van der Waals surface area contributed by atoms with Gasteiger partial charge in [0.1, 0.15) is 10.0 Å². The van der Waals surface area contributed by atoms with Gasteiger partial charge in [-0.25, -0.2) is 17.7 Å². The minimum Gasteiger partial charge on any atom is -0.382 e. The van der Waals surface area contributed by atoms with Crippen LogP contribution in [0.4, 0.5) is 10.8 Å². The molecule has 7 nitrogen and oxygen atoms in total. The highest BCUT2D eigenvalue weighted by Crippen LogP contribution is 2.33. The molecule has 0 unspecified atom stereocenters. The van der Waals surface area contributed by atoms with Gasteiger partial charge in [0, 0.05) is 25.7 Å². The van der Waals surface area contributed by atoms with Crippen molar-refractivity contribution in [2.75, 3.05) is 25.1 Å². The highest BCUT2D eigenvalue weighted by atomic mass is 32.2. The molecule has 0 bridgehead atoms. The second-order valence-electron chi connectivity index (χ2n) is 3.79. The summed E-state index contributed by atoms with van der Waals surface area (Å²) in [7, 11) is -0.698. The number of nitrogens with one attached hydrogen (secondary N) is 1. The van der Waals surface area contributed by atoms with Gasteiger partial charge in [0.05, 0.1) is 6.54 Å². The van der Waals surface area contributed by atoms with Crippen LogP contribution in [0.25, 0.3) is 0 Å². The first-order chi connectivity index (χ1) is 8.93. The second kappa shape index (κ2) is 5.41. The molecule has 0 aromatic carbocycles. The van der Waals surface area contributed by atoms with Crippen LogP contribution in [-0.2, 0) is 16.6 Å². The highest BCUT2D eigenvalue weighted by molar-refractivity contribution is 7.89. The maximum atomic E-state index is 12.2. The van der Waals surface area contributed by atoms with E-state index < -0.39 is 10.0 Å². The molecule has 2 aromatic heterocycles. The van der Waals surface area contributed by atoms with Gasteiger partial charge < -0.3 is 11.1 Å². The van der Waals surface area contributed by atoms with Crippen LogP contribution in [0, 0.1) is 0 Å². The summed E-state index contributed by atoms with van der Waals surface area (Å²) in [6.45, 7) is 0.440. The summed E-state index contributed by atoms with van der Waals surface area (Å²) < 4.78 is 29.3. The van der Waals surface area contributed by atoms with Crippen molar-refractivity contribution in [1.29, 1.82) is 0 Å². The number of nitrogens with two attached hydrogens (primary N) is 1. The molecule has 0 radical (unpaired) electrons. The van der Waals surface area contributed by atoms with E-state index in [1.165, 1.54) is 25.4 Å². The van der Waals surface area contributed by atoms with Crippen LogP contribution >= 0.6 is 22.9 Å². The number of nitrogen functional groups attached to an aromatic ring is 1. The van der Waals surface area contributed by atoms with Crippen LogP contribution in [0.2, 0.25) is 0 Å². The lowest BCUT2D eigenvalue weighted by Crippen LogP contribution is -2.23. The molecular weight excluding hydrogens is 306 g/mol. The molecule has 0 saturated carbocycles. The SMILES string of the molecule is CN(C)S(=O)(=O)c1c(N)nsc1NCc1nccs1. The highest BCUT2D eigenvalue weighted by Gasteiger charge is 2.27. The van der Waals surface area contributed by atoms with E-state index in [1.54, 1.807) is 6.20 Å². The van der Waals surface area contributed by atoms with Crippen LogP contribution in [0.5, 0.6) is 0 Å². The fourth-order valence-corrected chi connectivity index (χ4v) is 3.96. The summed E-state index contributed by atoms with van der Waals surface area (Å²) in [6, 6.07) is 0. The Morgan fingerprint density at radius 1 is 1.47 bits per heavy atom. The Morgan fingerprint density at radius 2 is 2.21 bits per heavy atom. The van der Waals surface area contributed by atoms with E-state index >= 15 is 0 Å². The Labute approximate surface area is 119 Å². The average Bonchev–Trinajstić information content (AvgIpc) is 2.95. The molecule has 0 spiro atoms. The van der Waals surface area contributed by atoms with E-state index in [4.69, 9.17) is 5.73 Å². The lowest BCUT2D eigenvalue weighted by molar-refractivity contribution is 0.521. The molecule has 0 saturated heterocycles. The molecule has 0 amide bonds. The van der Waals surface area contributed by atoms with E-state index in [0.29, 0.717) is 11.5 Å². The standard InChI is InChI=1S/C9H13N5O2S3/c1-14(2)19(15,16)7-8(10)13-18-9(7)12-5-6-11-3-4-17-6/h3-4,12H,5H2,1-2H3,(H2,10,13). The van der Waals surface area contributed by atoms with Crippen LogP contribution < -0.4 is 11.1 Å². The van der Waals surface area contributed by atoms with Gasteiger partial charge in [-0.3, -0.25) is 0 Å². The Morgan fingerprint density at radius 3 is 2.79 bits per heavy atom. The van der Waals surface area contributed by atoms with Crippen LogP contribution in [0.3, 0.4) is 0 Å². The molecule has 2 heterocycles. The molecule has 10 heteroatoms. The Kier molecular flexibility index (Phi) is 4.04. The maximum absolute atomic E-state index is 12.2. The zero-order valence-electron chi connectivity index (χ0n) is 10.3. The van der Waals surface area contributed by atoms with E-state index in [-0.39, 0.29) is 10.7 Å². The van der Waals surface area contributed by atoms with Crippen molar-refractivity contribution < 1.29 is 8.42 Å². The number of thiazole rings is 1. The van der Waals surface area contributed by atoms with Gasteiger partial charge in [0.15, 0.2) is 10.7 Å². The fourth-order valence-electron chi connectivity index (χ4n) is 1.33. The lowest BCUT2D eigenvalue weighted by Gasteiger charge is -2.12. The first-order valence-electron chi connectivity index (χ1n) is 5.23. The summed E-state index contributed by atoms with van der Waals surface area (Å²) >= 11 is 2.52. The van der Waals surface area contributed by atoms with Gasteiger partial charge >= 0.3 is 0 Å². The molecule has 19 heavy (non-hydrogen) atoms. The van der Waals surface area contributed by atoms with Crippen molar-refractivity contribution in [2.45, 2.75) is 11.4 Å². The fraction of sp³-hybridized carbons (Fsp3) is 0.333. The summed E-state index contributed by atoms with van der Waals surface area (Å²) in [5.41, 5.74) is 5.65.